The molecule has 0 aliphatic carbocycles. The molecule has 0 rings (SSSR count). The fourth-order valence-corrected chi connectivity index (χ4v) is 7.19. The van der Waals surface area contributed by atoms with Crippen molar-refractivity contribution in [3.8, 4) is 0 Å². The quantitative estimate of drug-likeness (QED) is 0.0262. The molecule has 0 amide bonds. The first-order valence-electron chi connectivity index (χ1n) is 28.2. The molecular weight excluding hydrogens is 865 g/mol. The third-order valence-electron chi connectivity index (χ3n) is 11.4. The van der Waals surface area contributed by atoms with Crippen molar-refractivity contribution in [1.29, 1.82) is 0 Å². The Labute approximate surface area is 430 Å². The van der Waals surface area contributed by atoms with Gasteiger partial charge in [0.05, 0.1) is 0 Å². The largest absolute Gasteiger partial charge is 0.462 e. The number of esters is 3. The average molecular weight is 968 g/mol. The van der Waals surface area contributed by atoms with Crippen molar-refractivity contribution in [2.75, 3.05) is 13.2 Å². The van der Waals surface area contributed by atoms with Gasteiger partial charge in [0.25, 0.3) is 0 Å². The number of allylic oxidation sites excluding steroid dienone is 22. The van der Waals surface area contributed by atoms with Crippen LogP contribution in [-0.4, -0.2) is 37.2 Å². The predicted molar refractivity (Wildman–Crippen MR) is 302 cm³/mol. The topological polar surface area (TPSA) is 78.9 Å². The molecule has 1 unspecified atom stereocenters. The van der Waals surface area contributed by atoms with E-state index in [4.69, 9.17) is 14.2 Å². The molecule has 70 heavy (non-hydrogen) atoms. The molecule has 1 atom stereocenters. The third kappa shape index (κ3) is 54.5. The minimum absolute atomic E-state index is 0.107. The maximum atomic E-state index is 12.8. The lowest BCUT2D eigenvalue weighted by Crippen LogP contribution is -2.30. The summed E-state index contributed by atoms with van der Waals surface area (Å²) in [5.74, 6) is -0.973. The number of carbonyl (C=O) groups excluding carboxylic acids is 3. The lowest BCUT2D eigenvalue weighted by atomic mass is 10.1. The van der Waals surface area contributed by atoms with Gasteiger partial charge in [-0.3, -0.25) is 14.4 Å². The Morgan fingerprint density at radius 3 is 0.900 bits per heavy atom. The summed E-state index contributed by atoms with van der Waals surface area (Å²) >= 11 is 0. The average Bonchev–Trinajstić information content (AvgIpc) is 3.36. The minimum atomic E-state index is -0.812. The van der Waals surface area contributed by atoms with Crippen molar-refractivity contribution in [3.63, 3.8) is 0 Å². The first-order valence-corrected chi connectivity index (χ1v) is 28.2. The van der Waals surface area contributed by atoms with E-state index in [1.54, 1.807) is 0 Å². The fraction of sp³-hybridized carbons (Fsp3) is 0.609. The number of rotatable bonds is 49. The van der Waals surface area contributed by atoms with E-state index in [0.29, 0.717) is 19.3 Å². The number of ether oxygens (including phenoxy) is 3. The molecule has 0 radical (unpaired) electrons. The van der Waals surface area contributed by atoms with Gasteiger partial charge in [-0.25, -0.2) is 0 Å². The molecule has 0 aliphatic rings. The summed E-state index contributed by atoms with van der Waals surface area (Å²) < 4.78 is 16.8. The summed E-state index contributed by atoms with van der Waals surface area (Å²) in [6.07, 6.45) is 80.1. The van der Waals surface area contributed by atoms with Crippen molar-refractivity contribution in [2.24, 2.45) is 0 Å². The zero-order chi connectivity index (χ0) is 50.7. The number of unbranched alkanes of at least 4 members (excludes halogenated alkanes) is 16. The molecule has 0 aromatic heterocycles. The van der Waals surface area contributed by atoms with Crippen molar-refractivity contribution < 1.29 is 28.6 Å². The van der Waals surface area contributed by atoms with E-state index >= 15 is 0 Å². The van der Waals surface area contributed by atoms with Crippen LogP contribution >= 0.6 is 0 Å². The van der Waals surface area contributed by atoms with E-state index in [2.05, 4.69) is 154 Å². The number of hydrogen-bond acceptors (Lipinski definition) is 6. The molecule has 0 fully saturated rings. The Bertz CT molecular complexity index is 1530. The van der Waals surface area contributed by atoms with Crippen LogP contribution in [0.5, 0.6) is 0 Å². The van der Waals surface area contributed by atoms with Crippen molar-refractivity contribution in [3.05, 3.63) is 134 Å². The highest BCUT2D eigenvalue weighted by atomic mass is 16.6. The third-order valence-corrected chi connectivity index (χ3v) is 11.4. The monoisotopic (exact) mass is 967 g/mol. The van der Waals surface area contributed by atoms with Gasteiger partial charge >= 0.3 is 17.9 Å². The van der Waals surface area contributed by atoms with Crippen LogP contribution in [0, 0.1) is 0 Å². The fourth-order valence-electron chi connectivity index (χ4n) is 7.19. The summed E-state index contributed by atoms with van der Waals surface area (Å²) in [5.41, 5.74) is 0. The first-order chi connectivity index (χ1) is 34.5. The molecule has 0 saturated carbocycles. The van der Waals surface area contributed by atoms with Gasteiger partial charge in [0.15, 0.2) is 6.10 Å². The SMILES string of the molecule is CC/C=C\C/C=C\C/C=C\C/C=C\C/C=C\CCCCCCCC(=O)OCC(COC(=O)CCCCCCC/C=C\CCCCC)OC(=O)CCCCC/C=C\C/C=C\C/C=C\C/C=C\C/C=C\CC. The van der Waals surface area contributed by atoms with Gasteiger partial charge in [-0.05, 0) is 135 Å². The van der Waals surface area contributed by atoms with Gasteiger partial charge in [-0.15, -0.1) is 0 Å². The lowest BCUT2D eigenvalue weighted by Gasteiger charge is -2.18. The van der Waals surface area contributed by atoms with Crippen LogP contribution in [-0.2, 0) is 28.6 Å². The highest BCUT2D eigenvalue weighted by molar-refractivity contribution is 5.71. The Morgan fingerprint density at radius 1 is 0.300 bits per heavy atom. The molecule has 0 bridgehead atoms. The summed E-state index contributed by atoms with van der Waals surface area (Å²) in [4.78, 5) is 38.1. The molecule has 0 aromatic carbocycles. The van der Waals surface area contributed by atoms with E-state index < -0.39 is 6.10 Å². The van der Waals surface area contributed by atoms with E-state index in [9.17, 15) is 14.4 Å². The molecule has 0 aromatic rings. The smallest absolute Gasteiger partial charge is 0.306 e. The van der Waals surface area contributed by atoms with Crippen molar-refractivity contribution >= 4 is 17.9 Å². The predicted octanol–water partition coefficient (Wildman–Crippen LogP) is 19.0. The van der Waals surface area contributed by atoms with Gasteiger partial charge in [0.2, 0.25) is 0 Å². The molecule has 0 saturated heterocycles. The minimum Gasteiger partial charge on any atom is -0.462 e. The number of hydrogen-bond donors (Lipinski definition) is 0. The lowest BCUT2D eigenvalue weighted by molar-refractivity contribution is -0.167. The van der Waals surface area contributed by atoms with Crippen LogP contribution < -0.4 is 0 Å². The summed E-state index contributed by atoms with van der Waals surface area (Å²) in [7, 11) is 0. The molecule has 0 aliphatic heterocycles. The van der Waals surface area contributed by atoms with Crippen LogP contribution in [0.1, 0.15) is 233 Å². The van der Waals surface area contributed by atoms with Crippen molar-refractivity contribution in [1.82, 2.24) is 0 Å². The molecule has 6 heteroatoms. The molecule has 394 valence electrons. The summed E-state index contributed by atoms with van der Waals surface area (Å²) in [6.45, 7) is 6.32. The molecule has 0 spiro atoms. The second-order valence-electron chi connectivity index (χ2n) is 18.1. The van der Waals surface area contributed by atoms with Gasteiger partial charge in [0, 0.05) is 19.3 Å². The van der Waals surface area contributed by atoms with E-state index in [0.717, 1.165) is 154 Å². The number of carbonyl (C=O) groups is 3. The maximum absolute atomic E-state index is 12.8. The second-order valence-corrected chi connectivity index (χ2v) is 18.1. The van der Waals surface area contributed by atoms with Gasteiger partial charge in [-0.1, -0.05) is 212 Å². The van der Waals surface area contributed by atoms with Crippen LogP contribution in [0.2, 0.25) is 0 Å². The maximum Gasteiger partial charge on any atom is 0.306 e. The van der Waals surface area contributed by atoms with Crippen LogP contribution in [0.15, 0.2) is 134 Å². The molecule has 0 heterocycles. The molecule has 0 N–H and O–H groups in total. The molecule has 6 nitrogen and oxygen atoms in total. The molecular formula is C64H102O6. The Morgan fingerprint density at radius 2 is 0.557 bits per heavy atom. The summed E-state index contributed by atoms with van der Waals surface area (Å²) in [5, 5.41) is 0. The Kier molecular flexibility index (Phi) is 53.5. The van der Waals surface area contributed by atoms with Crippen LogP contribution in [0.4, 0.5) is 0 Å². The standard InChI is InChI=1S/C64H102O6/c1-4-7-10-13-16-19-22-25-27-29-31-32-34-35-37-39-42-45-48-51-54-57-63(66)69-60-61(59-68-62(65)56-53-50-47-44-41-24-21-18-15-12-9-6-3)70-64(67)58-55-52-49-46-43-40-38-36-33-30-28-26-23-20-17-14-11-8-5-2/h7-8,10-11,16-21,25-28,31-33,35-37,40,43,61H,4-6,9,12-15,22-24,29-30,34,38-39,41-42,44-60H2,1-3H3/b10-7-,11-8-,19-16-,20-17-,21-18-,27-25-,28-26-,32-31-,36-33-,37-35-,43-40-. The highest BCUT2D eigenvalue weighted by Crippen LogP contribution is 2.13. The highest BCUT2D eigenvalue weighted by Gasteiger charge is 2.19. The van der Waals surface area contributed by atoms with E-state index in [1.165, 1.54) is 32.1 Å². The Hall–Kier alpha value is -4.45. The van der Waals surface area contributed by atoms with E-state index in [-0.39, 0.29) is 37.5 Å². The second kappa shape index (κ2) is 57.1. The summed E-state index contributed by atoms with van der Waals surface area (Å²) in [6, 6.07) is 0. The zero-order valence-corrected chi connectivity index (χ0v) is 45.0. The van der Waals surface area contributed by atoms with Gasteiger partial charge in [0.1, 0.15) is 13.2 Å². The normalized spacial score (nSPS) is 13.1. The van der Waals surface area contributed by atoms with Crippen LogP contribution in [0.3, 0.4) is 0 Å². The van der Waals surface area contributed by atoms with Gasteiger partial charge < -0.3 is 14.2 Å². The van der Waals surface area contributed by atoms with Gasteiger partial charge in [-0.2, -0.15) is 0 Å². The van der Waals surface area contributed by atoms with Crippen LogP contribution in [0.25, 0.3) is 0 Å². The zero-order valence-electron chi connectivity index (χ0n) is 45.0. The van der Waals surface area contributed by atoms with Crippen molar-refractivity contribution in [2.45, 2.75) is 239 Å². The van der Waals surface area contributed by atoms with E-state index in [1.807, 2.05) is 0 Å². The Balaban J connectivity index is 4.49. The first kappa shape index (κ1) is 65.5.